The molecule has 0 bridgehead atoms. The Morgan fingerprint density at radius 3 is 2.52 bits per heavy atom. The van der Waals surface area contributed by atoms with Crippen LogP contribution >= 0.6 is 23.2 Å². The molecule has 3 unspecified atom stereocenters. The summed E-state index contributed by atoms with van der Waals surface area (Å²) in [5, 5.41) is 6.59. The highest BCUT2D eigenvalue weighted by molar-refractivity contribution is 6.37. The minimum absolute atomic E-state index is 0.0289. The van der Waals surface area contributed by atoms with E-state index >= 15 is 0 Å². The van der Waals surface area contributed by atoms with E-state index in [4.69, 9.17) is 28.9 Å². The maximum Gasteiger partial charge on any atom is 0.260 e. The number of benzene rings is 3. The molecule has 3 aromatic carbocycles. The summed E-state index contributed by atoms with van der Waals surface area (Å²) in [6.45, 7) is 1.25. The second-order valence-corrected chi connectivity index (χ2v) is 11.4. The lowest BCUT2D eigenvalue weighted by atomic mass is 9.81. The maximum atomic E-state index is 14.1. The molecule has 2 aliphatic rings. The second kappa shape index (κ2) is 12.4. The Morgan fingerprint density at radius 1 is 1.00 bits per heavy atom. The number of anilines is 2. The maximum absolute atomic E-state index is 14.1. The van der Waals surface area contributed by atoms with Gasteiger partial charge in [0.15, 0.2) is 0 Å². The summed E-state index contributed by atoms with van der Waals surface area (Å²) >= 11 is 12.5. The van der Waals surface area contributed by atoms with E-state index in [1.165, 1.54) is 6.07 Å². The average Bonchev–Trinajstić information content (AvgIpc) is 3.11. The van der Waals surface area contributed by atoms with E-state index in [2.05, 4.69) is 10.6 Å². The van der Waals surface area contributed by atoms with Crippen LogP contribution in [-0.4, -0.2) is 30.8 Å². The van der Waals surface area contributed by atoms with E-state index in [0.29, 0.717) is 46.9 Å². The number of nitrogens with one attached hydrogen (secondary N) is 2. The summed E-state index contributed by atoms with van der Waals surface area (Å²) in [7, 11) is 0. The number of rotatable bonds is 6. The van der Waals surface area contributed by atoms with Gasteiger partial charge in [0.1, 0.15) is 0 Å². The Kier molecular flexibility index (Phi) is 8.74. The van der Waals surface area contributed by atoms with Crippen LogP contribution in [0.2, 0.25) is 10.0 Å². The molecule has 7 nitrogen and oxygen atoms in total. The van der Waals surface area contributed by atoms with Crippen LogP contribution < -0.4 is 21.3 Å². The first kappa shape index (κ1) is 28.1. The molecular weight excluding hydrogens is 547 g/mol. The smallest absolute Gasteiger partial charge is 0.260 e. The van der Waals surface area contributed by atoms with Crippen molar-refractivity contribution in [1.82, 2.24) is 5.32 Å². The van der Waals surface area contributed by atoms with Gasteiger partial charge in [-0.1, -0.05) is 60.0 Å². The first-order valence-corrected chi connectivity index (χ1v) is 14.4. The van der Waals surface area contributed by atoms with Gasteiger partial charge in [-0.15, -0.1) is 0 Å². The predicted octanol–water partition coefficient (Wildman–Crippen LogP) is 6.22. The third kappa shape index (κ3) is 6.17. The molecule has 3 aromatic rings. The van der Waals surface area contributed by atoms with E-state index < -0.39 is 6.04 Å². The number of halogens is 2. The van der Waals surface area contributed by atoms with Gasteiger partial charge in [-0.05, 0) is 79.6 Å². The van der Waals surface area contributed by atoms with Crippen molar-refractivity contribution in [3.8, 4) is 0 Å². The van der Waals surface area contributed by atoms with Crippen molar-refractivity contribution in [2.24, 2.45) is 17.6 Å². The Bertz CT molecular complexity index is 1410. The van der Waals surface area contributed by atoms with Crippen LogP contribution in [0.4, 0.5) is 11.4 Å². The van der Waals surface area contributed by atoms with Crippen molar-refractivity contribution in [3.05, 3.63) is 93.5 Å². The second-order valence-electron chi connectivity index (χ2n) is 10.6. The number of hydrogen-bond donors (Lipinski definition) is 3. The molecule has 5 rings (SSSR count). The number of fused-ring (bicyclic) bond motifs is 1. The highest BCUT2D eigenvalue weighted by atomic mass is 35.5. The van der Waals surface area contributed by atoms with Gasteiger partial charge in [0.25, 0.3) is 11.8 Å². The summed E-state index contributed by atoms with van der Waals surface area (Å²) < 4.78 is 0. The monoisotopic (exact) mass is 578 g/mol. The Balaban J connectivity index is 1.47. The number of carbonyl (C=O) groups excluding carboxylic acids is 3. The van der Waals surface area contributed by atoms with Crippen molar-refractivity contribution in [3.63, 3.8) is 0 Å². The highest BCUT2D eigenvalue weighted by Gasteiger charge is 2.35. The van der Waals surface area contributed by atoms with Crippen molar-refractivity contribution in [1.29, 1.82) is 0 Å². The SMILES string of the molecule is NCC1CCCC(CNC(=O)c2ccc3c(c2)NC(=O)CC(c2ccccc2)N3C(=O)c2ccc(Cl)cc2Cl)C1. The highest BCUT2D eigenvalue weighted by Crippen LogP contribution is 2.40. The van der Waals surface area contributed by atoms with E-state index in [1.54, 1.807) is 35.2 Å². The quantitative estimate of drug-likeness (QED) is 0.323. The first-order valence-electron chi connectivity index (χ1n) is 13.6. The topological polar surface area (TPSA) is 105 Å². The number of nitrogens with two attached hydrogens (primary N) is 1. The fourth-order valence-electron chi connectivity index (χ4n) is 5.75. The van der Waals surface area contributed by atoms with Crippen LogP contribution in [0.1, 0.15) is 64.4 Å². The molecule has 1 heterocycles. The van der Waals surface area contributed by atoms with Crippen LogP contribution in [0.5, 0.6) is 0 Å². The molecule has 4 N–H and O–H groups in total. The number of hydrogen-bond acceptors (Lipinski definition) is 4. The summed E-state index contributed by atoms with van der Waals surface area (Å²) in [6.07, 6.45) is 4.38. The Labute approximate surface area is 244 Å². The van der Waals surface area contributed by atoms with Crippen LogP contribution in [0, 0.1) is 11.8 Å². The van der Waals surface area contributed by atoms with E-state index in [1.807, 2.05) is 30.3 Å². The molecule has 40 heavy (non-hydrogen) atoms. The van der Waals surface area contributed by atoms with Crippen LogP contribution in [0.3, 0.4) is 0 Å². The normalized spacial score (nSPS) is 20.7. The fraction of sp³-hybridized carbons (Fsp3) is 0.323. The molecule has 1 aliphatic carbocycles. The van der Waals surface area contributed by atoms with Gasteiger partial charge in [-0.25, -0.2) is 0 Å². The van der Waals surface area contributed by atoms with Crippen LogP contribution in [0.15, 0.2) is 66.7 Å². The fourth-order valence-corrected chi connectivity index (χ4v) is 6.24. The van der Waals surface area contributed by atoms with E-state index in [0.717, 1.165) is 31.2 Å². The minimum atomic E-state index is -0.594. The molecule has 9 heteroatoms. The molecule has 3 atom stereocenters. The lowest BCUT2D eigenvalue weighted by molar-refractivity contribution is -0.116. The van der Waals surface area contributed by atoms with Crippen molar-refractivity contribution >= 4 is 52.3 Å². The zero-order chi connectivity index (χ0) is 28.2. The van der Waals surface area contributed by atoms with Gasteiger partial charge >= 0.3 is 0 Å². The van der Waals surface area contributed by atoms with Gasteiger partial charge in [-0.2, -0.15) is 0 Å². The third-order valence-electron chi connectivity index (χ3n) is 7.82. The zero-order valence-corrected chi connectivity index (χ0v) is 23.5. The van der Waals surface area contributed by atoms with Gasteiger partial charge in [-0.3, -0.25) is 19.3 Å². The average molecular weight is 580 g/mol. The molecule has 1 fully saturated rings. The summed E-state index contributed by atoms with van der Waals surface area (Å²) in [5.41, 5.74) is 8.20. The van der Waals surface area contributed by atoms with Crippen molar-refractivity contribution in [2.45, 2.75) is 38.1 Å². The van der Waals surface area contributed by atoms with Crippen LogP contribution in [-0.2, 0) is 4.79 Å². The number of carbonyl (C=O) groups is 3. The summed E-state index contributed by atoms with van der Waals surface area (Å²) in [6, 6.07) is 18.5. The molecule has 3 amide bonds. The van der Waals surface area contributed by atoms with Crippen LogP contribution in [0.25, 0.3) is 0 Å². The lowest BCUT2D eigenvalue weighted by Gasteiger charge is -2.31. The Morgan fingerprint density at radius 2 is 1.77 bits per heavy atom. The van der Waals surface area contributed by atoms with Crippen molar-refractivity contribution < 1.29 is 14.4 Å². The molecule has 1 aliphatic heterocycles. The minimum Gasteiger partial charge on any atom is -0.352 e. The molecule has 0 aromatic heterocycles. The van der Waals surface area contributed by atoms with Gasteiger partial charge in [0, 0.05) is 17.1 Å². The van der Waals surface area contributed by atoms with Gasteiger partial charge in [0.05, 0.1) is 34.4 Å². The van der Waals surface area contributed by atoms with E-state index in [9.17, 15) is 14.4 Å². The van der Waals surface area contributed by atoms with Crippen molar-refractivity contribution in [2.75, 3.05) is 23.3 Å². The third-order valence-corrected chi connectivity index (χ3v) is 8.37. The largest absolute Gasteiger partial charge is 0.352 e. The Hall–Kier alpha value is -3.39. The predicted molar refractivity (Wildman–Crippen MR) is 159 cm³/mol. The molecule has 208 valence electrons. The van der Waals surface area contributed by atoms with E-state index in [-0.39, 0.29) is 34.7 Å². The zero-order valence-electron chi connectivity index (χ0n) is 22.0. The molecule has 0 radical (unpaired) electrons. The molecule has 0 spiro atoms. The summed E-state index contributed by atoms with van der Waals surface area (Å²) in [5.74, 6) is 0.0380. The molecule has 0 saturated heterocycles. The number of amides is 3. The summed E-state index contributed by atoms with van der Waals surface area (Å²) in [4.78, 5) is 41.9. The standard InChI is InChI=1S/C31H32Cl2N4O3/c32-23-10-11-24(25(33)15-23)31(40)37-27-12-9-22(30(39)35-18-20-6-4-5-19(13-20)17-34)14-26(27)36-29(38)16-28(37)21-7-2-1-3-8-21/h1-3,7-12,14-15,19-20,28H,4-6,13,16-18,34H2,(H,35,39)(H,36,38). The lowest BCUT2D eigenvalue weighted by Crippen LogP contribution is -2.35. The number of nitrogens with zero attached hydrogens (tertiary/aromatic N) is 1. The first-order chi connectivity index (χ1) is 19.3. The molecule has 1 saturated carbocycles. The van der Waals surface area contributed by atoms with Gasteiger partial charge < -0.3 is 16.4 Å². The molecular formula is C31H32Cl2N4O3. The van der Waals surface area contributed by atoms with Gasteiger partial charge in [0.2, 0.25) is 5.91 Å².